The van der Waals surface area contributed by atoms with Gasteiger partial charge in [-0.05, 0) is 30.2 Å². The molecule has 1 amide bonds. The van der Waals surface area contributed by atoms with Crippen LogP contribution in [-0.2, 0) is 11.2 Å². The normalized spacial score (nSPS) is 10.0. The molecule has 0 spiro atoms. The number of benzene rings is 2. The molecule has 0 saturated heterocycles. The summed E-state index contributed by atoms with van der Waals surface area (Å²) >= 11 is 0. The van der Waals surface area contributed by atoms with Gasteiger partial charge in [0.2, 0.25) is 5.91 Å². The van der Waals surface area contributed by atoms with Gasteiger partial charge in [-0.15, -0.1) is 0 Å². The van der Waals surface area contributed by atoms with Crippen molar-refractivity contribution in [3.05, 3.63) is 54.1 Å². The molecule has 0 atom stereocenters. The number of ether oxygens (including phenoxy) is 1. The molecule has 0 aliphatic carbocycles. The van der Waals surface area contributed by atoms with E-state index in [9.17, 15) is 4.79 Å². The van der Waals surface area contributed by atoms with E-state index in [1.807, 2.05) is 36.4 Å². The minimum Gasteiger partial charge on any atom is -0.497 e. The molecule has 2 rings (SSSR count). The van der Waals surface area contributed by atoms with E-state index in [-0.39, 0.29) is 12.5 Å². The van der Waals surface area contributed by atoms with Crippen LogP contribution in [0.5, 0.6) is 5.75 Å². The van der Waals surface area contributed by atoms with E-state index in [2.05, 4.69) is 23.6 Å². The zero-order chi connectivity index (χ0) is 15.1. The third-order valence-corrected chi connectivity index (χ3v) is 3.19. The van der Waals surface area contributed by atoms with Crippen LogP contribution in [0.15, 0.2) is 48.5 Å². The summed E-state index contributed by atoms with van der Waals surface area (Å²) in [7, 11) is 1.60. The average Bonchev–Trinajstić information content (AvgIpc) is 2.53. The average molecular weight is 284 g/mol. The number of rotatable bonds is 6. The summed E-state index contributed by atoms with van der Waals surface area (Å²) in [6, 6.07) is 15.3. The topological polar surface area (TPSA) is 50.4 Å². The molecule has 4 nitrogen and oxygen atoms in total. The first kappa shape index (κ1) is 14.9. The number of amides is 1. The molecule has 0 aliphatic rings. The molecule has 0 bridgehead atoms. The minimum absolute atomic E-state index is 0.0887. The van der Waals surface area contributed by atoms with Gasteiger partial charge in [0.25, 0.3) is 0 Å². The molecule has 0 aliphatic heterocycles. The van der Waals surface area contributed by atoms with Gasteiger partial charge in [0.05, 0.1) is 13.7 Å². The summed E-state index contributed by atoms with van der Waals surface area (Å²) < 4.78 is 5.13. The summed E-state index contributed by atoms with van der Waals surface area (Å²) in [6.07, 6.45) is 0.931. The molecule has 0 heterocycles. The van der Waals surface area contributed by atoms with Crippen molar-refractivity contribution in [1.29, 1.82) is 0 Å². The predicted octanol–water partition coefficient (Wildman–Crippen LogP) is 3.31. The van der Waals surface area contributed by atoms with Crippen molar-refractivity contribution in [3.8, 4) is 5.75 Å². The van der Waals surface area contributed by atoms with Crippen molar-refractivity contribution in [2.24, 2.45) is 0 Å². The summed E-state index contributed by atoms with van der Waals surface area (Å²) in [6.45, 7) is 2.32. The first-order chi connectivity index (χ1) is 10.2. The van der Waals surface area contributed by atoms with Crippen LogP contribution in [0, 0.1) is 0 Å². The highest BCUT2D eigenvalue weighted by molar-refractivity contribution is 5.94. The Balaban J connectivity index is 1.92. The summed E-state index contributed by atoms with van der Waals surface area (Å²) in [5.74, 6) is 0.631. The number of hydrogen-bond donors (Lipinski definition) is 2. The predicted molar refractivity (Wildman–Crippen MR) is 85.9 cm³/mol. The van der Waals surface area contributed by atoms with Crippen molar-refractivity contribution >= 4 is 17.3 Å². The van der Waals surface area contributed by atoms with Crippen LogP contribution in [0.3, 0.4) is 0 Å². The Morgan fingerprint density at radius 1 is 1.14 bits per heavy atom. The molecule has 2 N–H and O–H groups in total. The Kier molecular flexibility index (Phi) is 5.21. The van der Waals surface area contributed by atoms with Gasteiger partial charge < -0.3 is 15.4 Å². The fourth-order valence-corrected chi connectivity index (χ4v) is 2.08. The highest BCUT2D eigenvalue weighted by atomic mass is 16.5. The van der Waals surface area contributed by atoms with E-state index >= 15 is 0 Å². The molecule has 0 radical (unpaired) electrons. The summed E-state index contributed by atoms with van der Waals surface area (Å²) in [4.78, 5) is 12.0. The lowest BCUT2D eigenvalue weighted by atomic mass is 10.1. The van der Waals surface area contributed by atoms with Crippen molar-refractivity contribution in [3.63, 3.8) is 0 Å². The maximum absolute atomic E-state index is 12.0. The van der Waals surface area contributed by atoms with Crippen LogP contribution in [0.4, 0.5) is 11.4 Å². The Hall–Kier alpha value is -2.49. The summed E-state index contributed by atoms with van der Waals surface area (Å²) in [5.41, 5.74) is 2.93. The van der Waals surface area contributed by atoms with Crippen molar-refractivity contribution in [2.45, 2.75) is 13.3 Å². The monoisotopic (exact) mass is 284 g/mol. The third kappa shape index (κ3) is 4.24. The Bertz CT molecular complexity index is 611. The van der Waals surface area contributed by atoms with E-state index < -0.39 is 0 Å². The van der Waals surface area contributed by atoms with Gasteiger partial charge in [0.15, 0.2) is 0 Å². The van der Waals surface area contributed by atoms with Crippen molar-refractivity contribution in [2.75, 3.05) is 24.3 Å². The van der Waals surface area contributed by atoms with Crippen molar-refractivity contribution in [1.82, 2.24) is 0 Å². The standard InChI is InChI=1S/C17H20N2O2/c1-3-13-7-4-5-10-16(13)18-12-17(20)19-14-8-6-9-15(11-14)21-2/h4-11,18H,3,12H2,1-2H3,(H,19,20). The van der Waals surface area contributed by atoms with Gasteiger partial charge in [-0.3, -0.25) is 4.79 Å². The number of para-hydroxylation sites is 1. The summed E-state index contributed by atoms with van der Waals surface area (Å²) in [5, 5.41) is 6.01. The van der Waals surface area contributed by atoms with Crippen LogP contribution in [0.25, 0.3) is 0 Å². The lowest BCUT2D eigenvalue weighted by molar-refractivity contribution is -0.114. The number of methoxy groups -OCH3 is 1. The second-order valence-electron chi connectivity index (χ2n) is 4.64. The smallest absolute Gasteiger partial charge is 0.243 e. The maximum Gasteiger partial charge on any atom is 0.243 e. The van der Waals surface area contributed by atoms with Gasteiger partial charge in [-0.25, -0.2) is 0 Å². The van der Waals surface area contributed by atoms with E-state index in [1.165, 1.54) is 5.56 Å². The van der Waals surface area contributed by atoms with Gasteiger partial charge >= 0.3 is 0 Å². The highest BCUT2D eigenvalue weighted by Crippen LogP contribution is 2.17. The Morgan fingerprint density at radius 3 is 2.71 bits per heavy atom. The van der Waals surface area contributed by atoms with Crippen LogP contribution in [0.1, 0.15) is 12.5 Å². The van der Waals surface area contributed by atoms with E-state index in [1.54, 1.807) is 13.2 Å². The molecule has 0 aromatic heterocycles. The maximum atomic E-state index is 12.0. The van der Waals surface area contributed by atoms with Gasteiger partial charge in [-0.1, -0.05) is 31.2 Å². The van der Waals surface area contributed by atoms with E-state index in [4.69, 9.17) is 4.74 Å². The number of nitrogens with one attached hydrogen (secondary N) is 2. The van der Waals surface area contributed by atoms with Gasteiger partial charge in [-0.2, -0.15) is 0 Å². The number of anilines is 2. The first-order valence-electron chi connectivity index (χ1n) is 6.98. The number of carbonyl (C=O) groups is 1. The second-order valence-corrected chi connectivity index (χ2v) is 4.64. The van der Waals surface area contributed by atoms with Gasteiger partial charge in [0.1, 0.15) is 5.75 Å². The molecular formula is C17H20N2O2. The molecule has 4 heteroatoms. The van der Waals surface area contributed by atoms with Crippen LogP contribution in [0.2, 0.25) is 0 Å². The van der Waals surface area contributed by atoms with Gasteiger partial charge in [0, 0.05) is 17.4 Å². The molecule has 0 saturated carbocycles. The molecule has 0 fully saturated rings. The fourth-order valence-electron chi connectivity index (χ4n) is 2.08. The minimum atomic E-state index is -0.0887. The zero-order valence-corrected chi connectivity index (χ0v) is 12.3. The molecule has 2 aromatic carbocycles. The van der Waals surface area contributed by atoms with Crippen LogP contribution in [-0.4, -0.2) is 19.6 Å². The van der Waals surface area contributed by atoms with Crippen LogP contribution < -0.4 is 15.4 Å². The SMILES string of the molecule is CCc1ccccc1NCC(=O)Nc1cccc(OC)c1. The Labute approximate surface area is 125 Å². The third-order valence-electron chi connectivity index (χ3n) is 3.19. The second kappa shape index (κ2) is 7.33. The zero-order valence-electron chi connectivity index (χ0n) is 12.3. The molecule has 2 aromatic rings. The highest BCUT2D eigenvalue weighted by Gasteiger charge is 2.05. The van der Waals surface area contributed by atoms with Crippen LogP contribution >= 0.6 is 0 Å². The number of hydrogen-bond acceptors (Lipinski definition) is 3. The molecular weight excluding hydrogens is 264 g/mol. The van der Waals surface area contributed by atoms with Crippen molar-refractivity contribution < 1.29 is 9.53 Å². The molecule has 0 unspecified atom stereocenters. The lowest BCUT2D eigenvalue weighted by Gasteiger charge is -2.11. The largest absolute Gasteiger partial charge is 0.497 e. The van der Waals surface area contributed by atoms with E-state index in [0.717, 1.165) is 23.5 Å². The molecule has 21 heavy (non-hydrogen) atoms. The molecule has 110 valence electrons. The first-order valence-corrected chi connectivity index (χ1v) is 6.98. The number of carbonyl (C=O) groups excluding carboxylic acids is 1. The fraction of sp³-hybridized carbons (Fsp3) is 0.235. The Morgan fingerprint density at radius 2 is 1.95 bits per heavy atom. The quantitative estimate of drug-likeness (QED) is 0.855. The lowest BCUT2D eigenvalue weighted by Crippen LogP contribution is -2.22. The van der Waals surface area contributed by atoms with E-state index in [0.29, 0.717) is 0 Å². The number of aryl methyl sites for hydroxylation is 1.